The molecule has 0 aliphatic heterocycles. The van der Waals surface area contributed by atoms with Crippen molar-refractivity contribution in [2.75, 3.05) is 19.7 Å². The van der Waals surface area contributed by atoms with Crippen molar-refractivity contribution >= 4 is 43.7 Å². The highest BCUT2D eigenvalue weighted by atomic mass is 79.9. The summed E-state index contributed by atoms with van der Waals surface area (Å²) in [4.78, 5) is 25.8. The van der Waals surface area contributed by atoms with Gasteiger partial charge < -0.3 is 9.64 Å². The van der Waals surface area contributed by atoms with Gasteiger partial charge in [-0.2, -0.15) is 0 Å². The zero-order chi connectivity index (χ0) is 16.0. The minimum absolute atomic E-state index is 0.0328. The predicted molar refractivity (Wildman–Crippen MR) is 89.2 cm³/mol. The van der Waals surface area contributed by atoms with E-state index in [9.17, 15) is 9.59 Å². The zero-order valence-electron chi connectivity index (χ0n) is 12.4. The van der Waals surface area contributed by atoms with E-state index in [4.69, 9.17) is 4.74 Å². The van der Waals surface area contributed by atoms with Crippen LogP contribution in [0.25, 0.3) is 0 Å². The fourth-order valence-corrected chi connectivity index (χ4v) is 3.18. The lowest BCUT2D eigenvalue weighted by atomic mass is 10.1. The Labute approximate surface area is 142 Å². The first-order chi connectivity index (χ1) is 9.83. The average Bonchev–Trinajstić information content (AvgIpc) is 2.35. The molecule has 6 heteroatoms. The van der Waals surface area contributed by atoms with Crippen molar-refractivity contribution in [3.8, 4) is 0 Å². The van der Waals surface area contributed by atoms with Gasteiger partial charge in [0.05, 0.1) is 6.61 Å². The SMILES string of the molecule is CCOC(=O)CN(CC(C)C)C(=O)c1cc(Br)cc(Br)c1. The molecule has 0 spiro atoms. The number of amides is 1. The van der Waals surface area contributed by atoms with Crippen LogP contribution in [0.4, 0.5) is 0 Å². The van der Waals surface area contributed by atoms with Crippen molar-refractivity contribution in [2.45, 2.75) is 20.8 Å². The van der Waals surface area contributed by atoms with Crippen LogP contribution in [0.5, 0.6) is 0 Å². The van der Waals surface area contributed by atoms with E-state index in [1.165, 1.54) is 4.90 Å². The van der Waals surface area contributed by atoms with Gasteiger partial charge in [-0.05, 0) is 31.0 Å². The third-order valence-electron chi connectivity index (χ3n) is 2.61. The van der Waals surface area contributed by atoms with Crippen molar-refractivity contribution in [1.29, 1.82) is 0 Å². The number of hydrogen-bond acceptors (Lipinski definition) is 3. The molecule has 0 saturated carbocycles. The Balaban J connectivity index is 2.95. The lowest BCUT2D eigenvalue weighted by molar-refractivity contribution is -0.143. The summed E-state index contributed by atoms with van der Waals surface area (Å²) in [5.41, 5.74) is 0.529. The van der Waals surface area contributed by atoms with Gasteiger partial charge in [0, 0.05) is 21.1 Å². The lowest BCUT2D eigenvalue weighted by Gasteiger charge is -2.24. The Bertz CT molecular complexity index is 497. The molecule has 0 bridgehead atoms. The minimum Gasteiger partial charge on any atom is -0.465 e. The maximum Gasteiger partial charge on any atom is 0.325 e. The third kappa shape index (κ3) is 6.18. The van der Waals surface area contributed by atoms with Gasteiger partial charge in [-0.25, -0.2) is 0 Å². The van der Waals surface area contributed by atoms with Crippen molar-refractivity contribution in [2.24, 2.45) is 5.92 Å². The van der Waals surface area contributed by atoms with Crippen LogP contribution >= 0.6 is 31.9 Å². The van der Waals surface area contributed by atoms with Crippen LogP contribution in [-0.2, 0) is 9.53 Å². The molecule has 0 unspecified atom stereocenters. The normalized spacial score (nSPS) is 10.6. The summed E-state index contributed by atoms with van der Waals surface area (Å²) >= 11 is 6.73. The fraction of sp³-hybridized carbons (Fsp3) is 0.467. The van der Waals surface area contributed by atoms with Crippen LogP contribution in [-0.4, -0.2) is 36.5 Å². The molecule has 0 aromatic heterocycles. The second-order valence-electron chi connectivity index (χ2n) is 5.04. The lowest BCUT2D eigenvalue weighted by Crippen LogP contribution is -2.39. The number of halogens is 2. The van der Waals surface area contributed by atoms with Crippen molar-refractivity contribution in [3.63, 3.8) is 0 Å². The molecule has 1 aromatic rings. The molecule has 0 fully saturated rings. The monoisotopic (exact) mass is 419 g/mol. The van der Waals surface area contributed by atoms with E-state index in [1.807, 2.05) is 19.9 Å². The van der Waals surface area contributed by atoms with Crippen LogP contribution in [0.2, 0.25) is 0 Å². The van der Waals surface area contributed by atoms with Gasteiger partial charge in [0.15, 0.2) is 0 Å². The molecule has 0 atom stereocenters. The van der Waals surface area contributed by atoms with Crippen LogP contribution in [0.3, 0.4) is 0 Å². The molecule has 0 saturated heterocycles. The Morgan fingerprint density at radius 1 is 1.19 bits per heavy atom. The molecule has 21 heavy (non-hydrogen) atoms. The number of hydrogen-bond donors (Lipinski definition) is 0. The van der Waals surface area contributed by atoms with Gasteiger partial charge in [-0.3, -0.25) is 9.59 Å². The highest BCUT2D eigenvalue weighted by molar-refractivity contribution is 9.11. The van der Waals surface area contributed by atoms with Crippen molar-refractivity contribution in [3.05, 3.63) is 32.7 Å². The fourth-order valence-electron chi connectivity index (χ4n) is 1.88. The quantitative estimate of drug-likeness (QED) is 0.656. The van der Waals surface area contributed by atoms with Gasteiger partial charge in [0.2, 0.25) is 0 Å². The van der Waals surface area contributed by atoms with Crippen LogP contribution in [0.15, 0.2) is 27.1 Å². The largest absolute Gasteiger partial charge is 0.465 e. The molecule has 0 aliphatic rings. The Morgan fingerprint density at radius 2 is 1.76 bits per heavy atom. The van der Waals surface area contributed by atoms with Crippen LogP contribution < -0.4 is 0 Å². The van der Waals surface area contributed by atoms with E-state index in [1.54, 1.807) is 19.1 Å². The molecule has 0 radical (unpaired) electrons. The number of ether oxygens (including phenoxy) is 1. The number of carbonyl (C=O) groups excluding carboxylic acids is 2. The van der Waals surface area contributed by atoms with E-state index >= 15 is 0 Å². The third-order valence-corrected chi connectivity index (χ3v) is 3.52. The van der Waals surface area contributed by atoms with E-state index in [0.717, 1.165) is 8.95 Å². The number of benzene rings is 1. The topological polar surface area (TPSA) is 46.6 Å². The summed E-state index contributed by atoms with van der Waals surface area (Å²) in [7, 11) is 0. The Hall–Kier alpha value is -0.880. The average molecular weight is 421 g/mol. The number of rotatable bonds is 6. The number of carbonyl (C=O) groups is 2. The maximum atomic E-state index is 12.6. The van der Waals surface area contributed by atoms with Crippen LogP contribution in [0, 0.1) is 5.92 Å². The molecule has 0 aliphatic carbocycles. The second kappa shape index (κ2) is 8.54. The summed E-state index contributed by atoms with van der Waals surface area (Å²) in [6, 6.07) is 5.34. The minimum atomic E-state index is -0.388. The summed E-state index contributed by atoms with van der Waals surface area (Å²) in [6.45, 7) is 6.53. The van der Waals surface area contributed by atoms with E-state index in [2.05, 4.69) is 31.9 Å². The first kappa shape index (κ1) is 18.2. The van der Waals surface area contributed by atoms with Gasteiger partial charge in [0.1, 0.15) is 6.54 Å². The van der Waals surface area contributed by atoms with Crippen molar-refractivity contribution < 1.29 is 14.3 Å². The molecule has 0 N–H and O–H groups in total. The molecular formula is C15H19Br2NO3. The Kier molecular flexibility index (Phi) is 7.39. The second-order valence-corrected chi connectivity index (χ2v) is 6.87. The van der Waals surface area contributed by atoms with Gasteiger partial charge in [-0.1, -0.05) is 45.7 Å². The standard InChI is InChI=1S/C15H19Br2NO3/c1-4-21-14(19)9-18(8-10(2)3)15(20)11-5-12(16)7-13(17)6-11/h5-7,10H,4,8-9H2,1-3H3. The van der Waals surface area contributed by atoms with Crippen molar-refractivity contribution in [1.82, 2.24) is 4.90 Å². The zero-order valence-corrected chi connectivity index (χ0v) is 15.5. The highest BCUT2D eigenvalue weighted by Crippen LogP contribution is 2.21. The molecular weight excluding hydrogens is 402 g/mol. The number of esters is 1. The maximum absolute atomic E-state index is 12.6. The summed E-state index contributed by atoms with van der Waals surface area (Å²) < 4.78 is 6.55. The van der Waals surface area contributed by atoms with E-state index < -0.39 is 0 Å². The summed E-state index contributed by atoms with van der Waals surface area (Å²) in [5, 5.41) is 0. The molecule has 116 valence electrons. The molecule has 1 rings (SSSR count). The summed E-state index contributed by atoms with van der Waals surface area (Å²) in [5.74, 6) is -0.307. The molecule has 0 heterocycles. The van der Waals surface area contributed by atoms with E-state index in [-0.39, 0.29) is 24.3 Å². The Morgan fingerprint density at radius 3 is 2.24 bits per heavy atom. The number of nitrogens with zero attached hydrogens (tertiary/aromatic N) is 1. The molecule has 4 nitrogen and oxygen atoms in total. The smallest absolute Gasteiger partial charge is 0.325 e. The van der Waals surface area contributed by atoms with Gasteiger partial charge in [-0.15, -0.1) is 0 Å². The summed E-state index contributed by atoms with van der Waals surface area (Å²) in [6.07, 6.45) is 0. The van der Waals surface area contributed by atoms with E-state index in [0.29, 0.717) is 18.7 Å². The highest BCUT2D eigenvalue weighted by Gasteiger charge is 2.21. The first-order valence-corrected chi connectivity index (χ1v) is 8.33. The van der Waals surface area contributed by atoms with Crippen LogP contribution in [0.1, 0.15) is 31.1 Å². The van der Waals surface area contributed by atoms with Gasteiger partial charge >= 0.3 is 5.97 Å². The predicted octanol–water partition coefficient (Wildman–Crippen LogP) is 3.87. The van der Waals surface area contributed by atoms with Gasteiger partial charge in [0.25, 0.3) is 5.91 Å². The molecule has 1 aromatic carbocycles. The molecule has 1 amide bonds. The first-order valence-electron chi connectivity index (χ1n) is 6.74.